The highest BCUT2D eigenvalue weighted by Gasteiger charge is 2.39. The second-order valence-corrected chi connectivity index (χ2v) is 4.69. The number of nitrogens with one attached hydrogen (secondary N) is 2. The van der Waals surface area contributed by atoms with Gasteiger partial charge in [0, 0.05) is 5.56 Å². The fourth-order valence-electron chi connectivity index (χ4n) is 1.89. The highest BCUT2D eigenvalue weighted by atomic mass is 19.4. The van der Waals surface area contributed by atoms with Crippen LogP contribution in [0.5, 0.6) is 0 Å². The Morgan fingerprint density at radius 3 is 2.23 bits per heavy atom. The highest BCUT2D eigenvalue weighted by molar-refractivity contribution is 5.96. The van der Waals surface area contributed by atoms with Crippen LogP contribution in [0, 0.1) is 0 Å². The van der Waals surface area contributed by atoms with Crippen molar-refractivity contribution >= 4 is 11.9 Å². The van der Waals surface area contributed by atoms with Gasteiger partial charge in [0.1, 0.15) is 12.1 Å². The Morgan fingerprint density at radius 2 is 1.77 bits per heavy atom. The van der Waals surface area contributed by atoms with Gasteiger partial charge in [-0.1, -0.05) is 18.2 Å². The van der Waals surface area contributed by atoms with Gasteiger partial charge in [0.2, 0.25) is 0 Å². The Labute approximate surface area is 125 Å². The molecule has 0 saturated heterocycles. The fraction of sp³-hybridized carbons (Fsp3) is 0.429. The van der Waals surface area contributed by atoms with Gasteiger partial charge >= 0.3 is 12.1 Å². The van der Waals surface area contributed by atoms with Gasteiger partial charge in [-0.15, -0.1) is 0 Å². The van der Waals surface area contributed by atoms with Crippen LogP contribution in [-0.2, 0) is 4.79 Å². The third kappa shape index (κ3) is 5.36. The van der Waals surface area contributed by atoms with Crippen LogP contribution >= 0.6 is 0 Å². The molecule has 0 aliphatic carbocycles. The number of benzene rings is 1. The van der Waals surface area contributed by atoms with Crippen molar-refractivity contribution < 1.29 is 27.9 Å². The van der Waals surface area contributed by atoms with Gasteiger partial charge in [0.15, 0.2) is 0 Å². The quantitative estimate of drug-likeness (QED) is 0.716. The maximum Gasteiger partial charge on any atom is 0.403 e. The van der Waals surface area contributed by atoms with Gasteiger partial charge in [-0.2, -0.15) is 13.2 Å². The summed E-state index contributed by atoms with van der Waals surface area (Å²) in [6.45, 7) is 0. The number of carboxylic acids is 1. The molecule has 0 fully saturated rings. The Balaban J connectivity index is 2.67. The van der Waals surface area contributed by atoms with Crippen molar-refractivity contribution in [2.45, 2.75) is 31.1 Å². The van der Waals surface area contributed by atoms with E-state index in [4.69, 9.17) is 5.11 Å². The van der Waals surface area contributed by atoms with Crippen molar-refractivity contribution in [2.24, 2.45) is 0 Å². The third-order valence-electron chi connectivity index (χ3n) is 3.13. The zero-order chi connectivity index (χ0) is 16.8. The maximum absolute atomic E-state index is 12.6. The molecule has 122 valence electrons. The molecule has 0 spiro atoms. The summed E-state index contributed by atoms with van der Waals surface area (Å²) >= 11 is 0. The second-order valence-electron chi connectivity index (χ2n) is 4.69. The SMILES string of the molecule is CNC(CCC(NC(=O)c1ccccc1)C(=O)O)C(F)(F)F. The van der Waals surface area contributed by atoms with Crippen LogP contribution in [0.4, 0.5) is 13.2 Å². The smallest absolute Gasteiger partial charge is 0.403 e. The van der Waals surface area contributed by atoms with Gasteiger partial charge in [-0.25, -0.2) is 4.79 Å². The number of amides is 1. The predicted molar refractivity (Wildman–Crippen MR) is 73.5 cm³/mol. The van der Waals surface area contributed by atoms with E-state index in [-0.39, 0.29) is 12.0 Å². The minimum atomic E-state index is -4.47. The van der Waals surface area contributed by atoms with E-state index in [9.17, 15) is 22.8 Å². The van der Waals surface area contributed by atoms with Crippen molar-refractivity contribution in [3.05, 3.63) is 35.9 Å². The van der Waals surface area contributed by atoms with Gasteiger partial charge in [-0.05, 0) is 32.0 Å². The molecule has 0 saturated carbocycles. The molecule has 0 heterocycles. The Bertz CT molecular complexity index is 506. The average Bonchev–Trinajstić information content (AvgIpc) is 2.45. The number of hydrogen-bond donors (Lipinski definition) is 3. The Hall–Kier alpha value is -2.09. The number of carboxylic acid groups (broad SMARTS) is 1. The van der Waals surface area contributed by atoms with Crippen molar-refractivity contribution in [3.8, 4) is 0 Å². The molecule has 8 heteroatoms. The maximum atomic E-state index is 12.6. The van der Waals surface area contributed by atoms with Crippen LogP contribution in [0.15, 0.2) is 30.3 Å². The number of carbonyl (C=O) groups is 2. The fourth-order valence-corrected chi connectivity index (χ4v) is 1.89. The van der Waals surface area contributed by atoms with Crippen LogP contribution in [0.2, 0.25) is 0 Å². The largest absolute Gasteiger partial charge is 0.480 e. The zero-order valence-corrected chi connectivity index (χ0v) is 11.9. The molecule has 0 aromatic heterocycles. The Morgan fingerprint density at radius 1 is 1.18 bits per heavy atom. The number of halogens is 3. The van der Waals surface area contributed by atoms with E-state index in [1.165, 1.54) is 12.1 Å². The van der Waals surface area contributed by atoms with Crippen LogP contribution in [0.3, 0.4) is 0 Å². The van der Waals surface area contributed by atoms with Gasteiger partial charge in [-0.3, -0.25) is 4.79 Å². The topological polar surface area (TPSA) is 78.4 Å². The summed E-state index contributed by atoms with van der Waals surface area (Å²) < 4.78 is 37.8. The normalized spacial score (nSPS) is 14.2. The summed E-state index contributed by atoms with van der Waals surface area (Å²) in [6.07, 6.45) is -5.26. The van der Waals surface area contributed by atoms with E-state index in [0.717, 1.165) is 7.05 Å². The van der Waals surface area contributed by atoms with E-state index < -0.39 is 36.6 Å². The molecule has 1 aromatic rings. The molecule has 22 heavy (non-hydrogen) atoms. The van der Waals surface area contributed by atoms with Crippen LogP contribution < -0.4 is 10.6 Å². The standard InChI is InChI=1S/C14H17F3N2O3/c1-18-11(14(15,16)17)8-7-10(13(21)22)19-12(20)9-5-3-2-4-6-9/h2-6,10-11,18H,7-8H2,1H3,(H,19,20)(H,21,22). The van der Waals surface area contributed by atoms with Gasteiger partial charge in [0.25, 0.3) is 5.91 Å². The number of rotatable bonds is 7. The lowest BCUT2D eigenvalue weighted by Crippen LogP contribution is -2.45. The lowest BCUT2D eigenvalue weighted by Gasteiger charge is -2.21. The zero-order valence-electron chi connectivity index (χ0n) is 11.9. The molecule has 2 atom stereocenters. The molecule has 1 amide bonds. The molecule has 0 aliphatic heterocycles. The number of alkyl halides is 3. The molecule has 1 aromatic carbocycles. The number of carbonyl (C=O) groups excluding carboxylic acids is 1. The minimum absolute atomic E-state index is 0.245. The Kier molecular flexibility index (Phi) is 6.36. The molecule has 3 N–H and O–H groups in total. The first-order valence-corrected chi connectivity index (χ1v) is 6.58. The van der Waals surface area contributed by atoms with Gasteiger partial charge in [0.05, 0.1) is 0 Å². The monoisotopic (exact) mass is 318 g/mol. The van der Waals surface area contributed by atoms with E-state index in [2.05, 4.69) is 10.6 Å². The summed E-state index contributed by atoms with van der Waals surface area (Å²) in [5.41, 5.74) is 0.245. The van der Waals surface area contributed by atoms with Crippen molar-refractivity contribution in [2.75, 3.05) is 7.05 Å². The molecular formula is C14H17F3N2O3. The lowest BCUT2D eigenvalue weighted by molar-refractivity contribution is -0.157. The van der Waals surface area contributed by atoms with Crippen molar-refractivity contribution in [1.29, 1.82) is 0 Å². The molecule has 0 bridgehead atoms. The van der Waals surface area contributed by atoms with Crippen LogP contribution in [-0.4, -0.2) is 42.3 Å². The second kappa shape index (κ2) is 7.79. The van der Waals surface area contributed by atoms with E-state index in [1.54, 1.807) is 18.2 Å². The van der Waals surface area contributed by atoms with E-state index >= 15 is 0 Å². The summed E-state index contributed by atoms with van der Waals surface area (Å²) in [4.78, 5) is 23.0. The van der Waals surface area contributed by atoms with E-state index in [1.807, 2.05) is 0 Å². The summed E-state index contributed by atoms with van der Waals surface area (Å²) in [6, 6.07) is 4.66. The summed E-state index contributed by atoms with van der Waals surface area (Å²) in [5.74, 6) is -2.01. The minimum Gasteiger partial charge on any atom is -0.480 e. The first-order chi connectivity index (χ1) is 10.3. The van der Waals surface area contributed by atoms with Crippen molar-refractivity contribution in [1.82, 2.24) is 10.6 Å². The molecule has 2 unspecified atom stereocenters. The van der Waals surface area contributed by atoms with Crippen molar-refractivity contribution in [3.63, 3.8) is 0 Å². The van der Waals surface area contributed by atoms with Crippen LogP contribution in [0.25, 0.3) is 0 Å². The summed E-state index contributed by atoms with van der Waals surface area (Å²) in [7, 11) is 1.15. The summed E-state index contributed by atoms with van der Waals surface area (Å²) in [5, 5.41) is 13.4. The first kappa shape index (κ1) is 18.0. The molecule has 0 aliphatic rings. The average molecular weight is 318 g/mol. The first-order valence-electron chi connectivity index (χ1n) is 6.58. The molecule has 5 nitrogen and oxygen atoms in total. The van der Waals surface area contributed by atoms with Crippen LogP contribution in [0.1, 0.15) is 23.2 Å². The predicted octanol–water partition coefficient (Wildman–Crippen LogP) is 1.80. The van der Waals surface area contributed by atoms with Gasteiger partial charge < -0.3 is 15.7 Å². The lowest BCUT2D eigenvalue weighted by atomic mass is 10.1. The number of aliphatic carboxylic acids is 1. The molecule has 1 rings (SSSR count). The number of hydrogen-bond acceptors (Lipinski definition) is 3. The van der Waals surface area contributed by atoms with E-state index in [0.29, 0.717) is 0 Å². The molecule has 0 radical (unpaired) electrons. The highest BCUT2D eigenvalue weighted by Crippen LogP contribution is 2.23. The third-order valence-corrected chi connectivity index (χ3v) is 3.13. The molecular weight excluding hydrogens is 301 g/mol.